The summed E-state index contributed by atoms with van der Waals surface area (Å²) in [6.07, 6.45) is 1.78. The van der Waals surface area contributed by atoms with Crippen LogP contribution in [0.2, 0.25) is 0 Å². The summed E-state index contributed by atoms with van der Waals surface area (Å²) in [6, 6.07) is 15.5. The van der Waals surface area contributed by atoms with Crippen LogP contribution in [0.4, 0.5) is 0 Å². The van der Waals surface area contributed by atoms with Crippen molar-refractivity contribution >= 4 is 5.91 Å². The molecule has 1 atom stereocenters. The summed E-state index contributed by atoms with van der Waals surface area (Å²) in [5, 5.41) is 4.10. The van der Waals surface area contributed by atoms with E-state index in [0.29, 0.717) is 18.3 Å². The van der Waals surface area contributed by atoms with Crippen molar-refractivity contribution in [1.29, 1.82) is 0 Å². The molecule has 0 radical (unpaired) electrons. The van der Waals surface area contributed by atoms with Crippen LogP contribution in [-0.4, -0.2) is 27.5 Å². The second kappa shape index (κ2) is 6.75. The monoisotopic (exact) mass is 347 g/mol. The van der Waals surface area contributed by atoms with E-state index in [1.54, 1.807) is 0 Å². The topological polar surface area (TPSA) is 59.2 Å². The van der Waals surface area contributed by atoms with Crippen molar-refractivity contribution in [2.75, 3.05) is 6.54 Å². The smallest absolute Gasteiger partial charge is 0.254 e. The van der Waals surface area contributed by atoms with Gasteiger partial charge in [-0.05, 0) is 38.8 Å². The number of nitrogens with zero attached hydrogens (tertiary/aromatic N) is 3. The number of amides is 1. The zero-order valence-corrected chi connectivity index (χ0v) is 15.0. The summed E-state index contributed by atoms with van der Waals surface area (Å²) >= 11 is 0. The van der Waals surface area contributed by atoms with E-state index in [1.165, 1.54) is 0 Å². The number of hydrogen-bond acceptors (Lipinski definition) is 4. The minimum atomic E-state index is -0.159. The molecule has 5 heteroatoms. The third-order valence-corrected chi connectivity index (χ3v) is 4.74. The van der Waals surface area contributed by atoms with Gasteiger partial charge in [0.2, 0.25) is 11.7 Å². The Labute approximate surface area is 152 Å². The highest BCUT2D eigenvalue weighted by molar-refractivity contribution is 5.95. The number of aryl methyl sites for hydroxylation is 2. The van der Waals surface area contributed by atoms with Crippen LogP contribution in [0.5, 0.6) is 0 Å². The highest BCUT2D eigenvalue weighted by Gasteiger charge is 2.34. The fraction of sp³-hybridized carbons (Fsp3) is 0.286. The maximum absolute atomic E-state index is 13.0. The zero-order chi connectivity index (χ0) is 18.1. The van der Waals surface area contributed by atoms with Crippen LogP contribution in [0.15, 0.2) is 53.1 Å². The van der Waals surface area contributed by atoms with E-state index in [2.05, 4.69) is 16.2 Å². The van der Waals surface area contributed by atoms with Crippen LogP contribution in [0.25, 0.3) is 11.4 Å². The predicted octanol–water partition coefficient (Wildman–Crippen LogP) is 4.33. The highest BCUT2D eigenvalue weighted by atomic mass is 16.5. The quantitative estimate of drug-likeness (QED) is 0.707. The summed E-state index contributed by atoms with van der Waals surface area (Å²) in [5.74, 6) is 1.10. The Hall–Kier alpha value is -2.95. The van der Waals surface area contributed by atoms with Crippen molar-refractivity contribution in [2.45, 2.75) is 32.7 Å². The van der Waals surface area contributed by atoms with E-state index >= 15 is 0 Å². The maximum Gasteiger partial charge on any atom is 0.254 e. The molecule has 0 bridgehead atoms. The first-order valence-corrected chi connectivity index (χ1v) is 8.90. The van der Waals surface area contributed by atoms with Crippen molar-refractivity contribution in [3.63, 3.8) is 0 Å². The van der Waals surface area contributed by atoms with Crippen molar-refractivity contribution < 1.29 is 9.32 Å². The third kappa shape index (κ3) is 3.12. The molecule has 0 N–H and O–H groups in total. The van der Waals surface area contributed by atoms with E-state index in [9.17, 15) is 4.79 Å². The Bertz CT molecular complexity index is 913. The molecular formula is C21H21N3O2. The molecule has 1 aliphatic rings. The molecule has 26 heavy (non-hydrogen) atoms. The Morgan fingerprint density at radius 3 is 2.58 bits per heavy atom. The molecule has 3 aromatic rings. The number of likely N-dealkylation sites (tertiary alicyclic amines) is 1. The first-order valence-electron chi connectivity index (χ1n) is 8.90. The summed E-state index contributed by atoms with van der Waals surface area (Å²) in [6.45, 7) is 4.73. The summed E-state index contributed by atoms with van der Waals surface area (Å²) < 4.78 is 5.51. The van der Waals surface area contributed by atoms with Gasteiger partial charge in [-0.1, -0.05) is 52.7 Å². The zero-order valence-electron chi connectivity index (χ0n) is 15.0. The van der Waals surface area contributed by atoms with Gasteiger partial charge in [-0.3, -0.25) is 4.79 Å². The Morgan fingerprint density at radius 2 is 1.85 bits per heavy atom. The molecule has 0 unspecified atom stereocenters. The molecule has 0 spiro atoms. The number of benzene rings is 2. The van der Waals surface area contributed by atoms with Gasteiger partial charge in [0.25, 0.3) is 5.91 Å². The lowest BCUT2D eigenvalue weighted by Gasteiger charge is -2.22. The predicted molar refractivity (Wildman–Crippen MR) is 98.7 cm³/mol. The van der Waals surface area contributed by atoms with Crippen LogP contribution >= 0.6 is 0 Å². The second-order valence-electron chi connectivity index (χ2n) is 6.86. The SMILES string of the molecule is Cc1cc(C)cc(C(=O)N2CCC[C@H]2c2nc(-c3ccccc3)no2)c1. The number of carbonyl (C=O) groups excluding carboxylic acids is 1. The lowest BCUT2D eigenvalue weighted by molar-refractivity contribution is 0.0710. The van der Waals surface area contributed by atoms with Gasteiger partial charge in [-0.2, -0.15) is 4.98 Å². The van der Waals surface area contributed by atoms with Crippen LogP contribution < -0.4 is 0 Å². The summed E-state index contributed by atoms with van der Waals surface area (Å²) in [5.41, 5.74) is 3.81. The fourth-order valence-electron chi connectivity index (χ4n) is 3.61. The van der Waals surface area contributed by atoms with Gasteiger partial charge < -0.3 is 9.42 Å². The van der Waals surface area contributed by atoms with Crippen molar-refractivity contribution in [3.8, 4) is 11.4 Å². The van der Waals surface area contributed by atoms with E-state index in [1.807, 2.05) is 61.2 Å². The molecule has 0 saturated carbocycles. The van der Waals surface area contributed by atoms with Gasteiger partial charge in [-0.15, -0.1) is 0 Å². The van der Waals surface area contributed by atoms with Crippen LogP contribution in [0.3, 0.4) is 0 Å². The average molecular weight is 347 g/mol. The Balaban J connectivity index is 1.61. The van der Waals surface area contributed by atoms with Crippen LogP contribution in [0, 0.1) is 13.8 Å². The first-order chi connectivity index (χ1) is 12.6. The summed E-state index contributed by atoms with van der Waals surface area (Å²) in [7, 11) is 0. The number of rotatable bonds is 3. The summed E-state index contributed by atoms with van der Waals surface area (Å²) in [4.78, 5) is 19.5. The van der Waals surface area contributed by atoms with Gasteiger partial charge in [0.1, 0.15) is 6.04 Å². The van der Waals surface area contributed by atoms with Gasteiger partial charge >= 0.3 is 0 Å². The van der Waals surface area contributed by atoms with Crippen molar-refractivity contribution in [2.24, 2.45) is 0 Å². The fourth-order valence-corrected chi connectivity index (χ4v) is 3.61. The van der Waals surface area contributed by atoms with Crippen molar-refractivity contribution in [3.05, 3.63) is 71.1 Å². The van der Waals surface area contributed by atoms with E-state index in [-0.39, 0.29) is 11.9 Å². The average Bonchev–Trinajstić information content (AvgIpc) is 3.30. The second-order valence-corrected chi connectivity index (χ2v) is 6.86. The number of aromatic nitrogens is 2. The molecule has 0 aliphatic carbocycles. The Morgan fingerprint density at radius 1 is 1.12 bits per heavy atom. The third-order valence-electron chi connectivity index (χ3n) is 4.74. The molecule has 2 heterocycles. The Kier molecular flexibility index (Phi) is 4.29. The van der Waals surface area contributed by atoms with E-state index in [0.717, 1.165) is 35.1 Å². The molecule has 2 aromatic carbocycles. The lowest BCUT2D eigenvalue weighted by Crippen LogP contribution is -2.30. The molecule has 1 amide bonds. The highest BCUT2D eigenvalue weighted by Crippen LogP contribution is 2.33. The van der Waals surface area contributed by atoms with Crippen LogP contribution in [-0.2, 0) is 0 Å². The molecule has 1 saturated heterocycles. The van der Waals surface area contributed by atoms with Gasteiger partial charge in [-0.25, -0.2) is 0 Å². The number of carbonyl (C=O) groups is 1. The number of hydrogen-bond donors (Lipinski definition) is 0. The van der Waals surface area contributed by atoms with Gasteiger partial charge in [0, 0.05) is 17.7 Å². The van der Waals surface area contributed by atoms with E-state index < -0.39 is 0 Å². The molecule has 4 rings (SSSR count). The minimum absolute atomic E-state index is 0.0266. The van der Waals surface area contributed by atoms with Crippen molar-refractivity contribution in [1.82, 2.24) is 15.0 Å². The van der Waals surface area contributed by atoms with Gasteiger partial charge in [0.05, 0.1) is 0 Å². The lowest BCUT2D eigenvalue weighted by atomic mass is 10.1. The molecule has 132 valence electrons. The molecule has 1 aromatic heterocycles. The van der Waals surface area contributed by atoms with Gasteiger partial charge in [0.15, 0.2) is 0 Å². The normalized spacial score (nSPS) is 16.8. The largest absolute Gasteiger partial charge is 0.337 e. The van der Waals surface area contributed by atoms with E-state index in [4.69, 9.17) is 4.52 Å². The molecular weight excluding hydrogens is 326 g/mol. The van der Waals surface area contributed by atoms with Crippen LogP contribution in [0.1, 0.15) is 46.3 Å². The first kappa shape index (κ1) is 16.5. The molecule has 1 fully saturated rings. The molecule has 5 nitrogen and oxygen atoms in total. The maximum atomic E-state index is 13.0. The standard InChI is InChI=1S/C21H21N3O2/c1-14-11-15(2)13-17(12-14)21(25)24-10-6-9-18(24)20-22-19(23-26-20)16-7-4-3-5-8-16/h3-5,7-8,11-13,18H,6,9-10H2,1-2H3/t18-/m0/s1. The molecule has 1 aliphatic heterocycles. The minimum Gasteiger partial charge on any atom is -0.337 e.